The zero-order valence-corrected chi connectivity index (χ0v) is 16.9. The van der Waals surface area contributed by atoms with Crippen LogP contribution in [0, 0.1) is 0 Å². The fourth-order valence-electron chi connectivity index (χ4n) is 2.54. The van der Waals surface area contributed by atoms with Crippen molar-refractivity contribution in [1.29, 1.82) is 0 Å². The molecule has 28 heavy (non-hydrogen) atoms. The van der Waals surface area contributed by atoms with E-state index in [1.807, 2.05) is 48.5 Å². The van der Waals surface area contributed by atoms with Crippen LogP contribution < -0.4 is 20.3 Å². The number of ether oxygens (including phenoxy) is 2. The van der Waals surface area contributed by atoms with E-state index < -0.39 is 11.8 Å². The molecule has 0 spiro atoms. The van der Waals surface area contributed by atoms with Gasteiger partial charge < -0.3 is 9.47 Å². The molecule has 0 heterocycles. The summed E-state index contributed by atoms with van der Waals surface area (Å²) in [5.41, 5.74) is 6.73. The third-order valence-corrected chi connectivity index (χ3v) is 4.10. The van der Waals surface area contributed by atoms with Crippen LogP contribution in [0.4, 0.5) is 0 Å². The van der Waals surface area contributed by atoms with Crippen molar-refractivity contribution in [3.05, 3.63) is 59.7 Å². The molecule has 0 aliphatic carbocycles. The predicted octanol–water partition coefficient (Wildman–Crippen LogP) is 3.15. The number of carbonyl (C=O) groups excluding carboxylic acids is 2. The van der Waals surface area contributed by atoms with Gasteiger partial charge in [-0.2, -0.15) is 0 Å². The Morgan fingerprint density at radius 1 is 0.857 bits per heavy atom. The second-order valence-electron chi connectivity index (χ2n) is 7.42. The maximum atomic E-state index is 11.9. The van der Waals surface area contributed by atoms with E-state index in [1.165, 1.54) is 5.56 Å². The number of hydrogen-bond acceptors (Lipinski definition) is 4. The predicted molar refractivity (Wildman–Crippen MR) is 108 cm³/mol. The Bertz CT molecular complexity index is 795. The number of nitrogens with one attached hydrogen (secondary N) is 2. The highest BCUT2D eigenvalue weighted by molar-refractivity contribution is 5.83. The number of hydrazine groups is 1. The number of rotatable bonds is 7. The first kappa shape index (κ1) is 21.3. The molecule has 2 N–H and O–H groups in total. The molecular formula is C22H28N2O4. The number of amides is 2. The monoisotopic (exact) mass is 384 g/mol. The SMILES string of the molecule is CCc1ccc(OCC(=O)NNC(=O)COc2ccccc2C(C)(C)C)cc1. The van der Waals surface area contributed by atoms with E-state index in [2.05, 4.69) is 38.5 Å². The van der Waals surface area contributed by atoms with Gasteiger partial charge in [-0.3, -0.25) is 20.4 Å². The topological polar surface area (TPSA) is 76.7 Å². The van der Waals surface area contributed by atoms with E-state index >= 15 is 0 Å². The van der Waals surface area contributed by atoms with Gasteiger partial charge in [-0.15, -0.1) is 0 Å². The lowest BCUT2D eigenvalue weighted by Crippen LogP contribution is -2.45. The van der Waals surface area contributed by atoms with Crippen molar-refractivity contribution in [2.24, 2.45) is 0 Å². The summed E-state index contributed by atoms with van der Waals surface area (Å²) in [4.78, 5) is 23.7. The number of carbonyl (C=O) groups is 2. The van der Waals surface area contributed by atoms with Crippen molar-refractivity contribution in [3.63, 3.8) is 0 Å². The number of aryl methyl sites for hydroxylation is 1. The fourth-order valence-corrected chi connectivity index (χ4v) is 2.54. The van der Waals surface area contributed by atoms with E-state index in [1.54, 1.807) is 0 Å². The Kier molecular flexibility index (Phi) is 7.44. The average Bonchev–Trinajstić information content (AvgIpc) is 2.69. The maximum Gasteiger partial charge on any atom is 0.276 e. The van der Waals surface area contributed by atoms with Gasteiger partial charge in [-0.05, 0) is 41.2 Å². The third kappa shape index (κ3) is 6.61. The minimum Gasteiger partial charge on any atom is -0.484 e. The first-order chi connectivity index (χ1) is 13.3. The van der Waals surface area contributed by atoms with Crippen molar-refractivity contribution in [3.8, 4) is 11.5 Å². The minimum atomic E-state index is -0.456. The Labute approximate surface area is 166 Å². The van der Waals surface area contributed by atoms with Crippen molar-refractivity contribution >= 4 is 11.8 Å². The summed E-state index contributed by atoms with van der Waals surface area (Å²) in [6.45, 7) is 7.89. The van der Waals surface area contributed by atoms with Gasteiger partial charge >= 0.3 is 0 Å². The lowest BCUT2D eigenvalue weighted by Gasteiger charge is -2.22. The van der Waals surface area contributed by atoms with Gasteiger partial charge in [-0.1, -0.05) is 58.0 Å². The van der Waals surface area contributed by atoms with Crippen LogP contribution >= 0.6 is 0 Å². The van der Waals surface area contributed by atoms with Gasteiger partial charge in [0.25, 0.3) is 11.8 Å². The molecule has 0 fully saturated rings. The van der Waals surface area contributed by atoms with Gasteiger partial charge in [0, 0.05) is 0 Å². The third-order valence-electron chi connectivity index (χ3n) is 4.10. The molecule has 0 aromatic heterocycles. The van der Waals surface area contributed by atoms with E-state index in [0.29, 0.717) is 11.5 Å². The lowest BCUT2D eigenvalue weighted by molar-refractivity contribution is -0.131. The van der Waals surface area contributed by atoms with Gasteiger partial charge in [0.1, 0.15) is 11.5 Å². The molecule has 0 saturated heterocycles. The van der Waals surface area contributed by atoms with Crippen LogP contribution in [0.5, 0.6) is 11.5 Å². The van der Waals surface area contributed by atoms with Crippen LogP contribution in [-0.4, -0.2) is 25.0 Å². The quantitative estimate of drug-likeness (QED) is 0.719. The molecule has 0 aliphatic rings. The Morgan fingerprint density at radius 2 is 1.43 bits per heavy atom. The number of para-hydroxylation sites is 1. The van der Waals surface area contributed by atoms with Gasteiger partial charge in [0.05, 0.1) is 0 Å². The zero-order valence-electron chi connectivity index (χ0n) is 16.9. The van der Waals surface area contributed by atoms with Crippen molar-refractivity contribution in [2.45, 2.75) is 39.5 Å². The summed E-state index contributed by atoms with van der Waals surface area (Å²) >= 11 is 0. The second kappa shape index (κ2) is 9.78. The molecule has 0 saturated carbocycles. The lowest BCUT2D eigenvalue weighted by atomic mass is 9.86. The molecule has 2 aromatic carbocycles. The number of benzene rings is 2. The summed E-state index contributed by atoms with van der Waals surface area (Å²) in [7, 11) is 0. The van der Waals surface area contributed by atoms with E-state index in [0.717, 1.165) is 12.0 Å². The largest absolute Gasteiger partial charge is 0.484 e. The van der Waals surface area contributed by atoms with Gasteiger partial charge in [0.2, 0.25) is 0 Å². The van der Waals surface area contributed by atoms with E-state index in [-0.39, 0.29) is 18.6 Å². The molecule has 0 atom stereocenters. The Hall–Kier alpha value is -3.02. The average molecular weight is 384 g/mol. The normalized spacial score (nSPS) is 10.9. The first-order valence-corrected chi connectivity index (χ1v) is 9.31. The molecule has 150 valence electrons. The second-order valence-corrected chi connectivity index (χ2v) is 7.42. The molecule has 0 unspecified atom stereocenters. The molecule has 0 bridgehead atoms. The summed E-state index contributed by atoms with van der Waals surface area (Å²) in [5, 5.41) is 0. The zero-order chi connectivity index (χ0) is 20.6. The van der Waals surface area contributed by atoms with Gasteiger partial charge in [0.15, 0.2) is 13.2 Å². The summed E-state index contributed by atoms with van der Waals surface area (Å²) in [6, 6.07) is 15.1. The van der Waals surface area contributed by atoms with Crippen LogP contribution in [0.1, 0.15) is 38.8 Å². The molecule has 0 radical (unpaired) electrons. The summed E-state index contributed by atoms with van der Waals surface area (Å²) in [6.07, 6.45) is 0.940. The van der Waals surface area contributed by atoms with Crippen molar-refractivity contribution in [1.82, 2.24) is 10.9 Å². The minimum absolute atomic E-state index is 0.103. The maximum absolute atomic E-state index is 11.9. The highest BCUT2D eigenvalue weighted by Crippen LogP contribution is 2.30. The standard InChI is InChI=1S/C22H28N2O4/c1-5-16-10-12-17(13-11-16)27-14-20(25)23-24-21(26)15-28-19-9-7-6-8-18(19)22(2,3)4/h6-13H,5,14-15H2,1-4H3,(H,23,25)(H,24,26). The molecule has 2 amide bonds. The number of hydrogen-bond donors (Lipinski definition) is 2. The smallest absolute Gasteiger partial charge is 0.276 e. The highest BCUT2D eigenvalue weighted by atomic mass is 16.5. The Balaban J connectivity index is 1.74. The highest BCUT2D eigenvalue weighted by Gasteiger charge is 2.19. The summed E-state index contributed by atoms with van der Waals surface area (Å²) in [5.74, 6) is 0.337. The van der Waals surface area contributed by atoms with Crippen LogP contribution in [0.2, 0.25) is 0 Å². The van der Waals surface area contributed by atoms with Crippen LogP contribution in [0.3, 0.4) is 0 Å². The molecule has 0 aliphatic heterocycles. The molecular weight excluding hydrogens is 356 g/mol. The van der Waals surface area contributed by atoms with Gasteiger partial charge in [-0.25, -0.2) is 0 Å². The van der Waals surface area contributed by atoms with Crippen LogP contribution in [0.15, 0.2) is 48.5 Å². The molecule has 6 heteroatoms. The fraction of sp³-hybridized carbons (Fsp3) is 0.364. The van der Waals surface area contributed by atoms with E-state index in [9.17, 15) is 9.59 Å². The van der Waals surface area contributed by atoms with Crippen molar-refractivity contribution in [2.75, 3.05) is 13.2 Å². The Morgan fingerprint density at radius 3 is 2.00 bits per heavy atom. The summed E-state index contributed by atoms with van der Waals surface area (Å²) < 4.78 is 11.0. The van der Waals surface area contributed by atoms with Crippen LogP contribution in [-0.2, 0) is 21.4 Å². The molecule has 6 nitrogen and oxygen atoms in total. The molecule has 2 aromatic rings. The first-order valence-electron chi connectivity index (χ1n) is 9.31. The van der Waals surface area contributed by atoms with Crippen LogP contribution in [0.25, 0.3) is 0 Å². The molecule has 2 rings (SSSR count). The van der Waals surface area contributed by atoms with Crippen molar-refractivity contribution < 1.29 is 19.1 Å². The van der Waals surface area contributed by atoms with E-state index in [4.69, 9.17) is 9.47 Å².